The van der Waals surface area contributed by atoms with Crippen molar-refractivity contribution in [2.45, 2.75) is 0 Å². The molecular weight excluding hydrogens is 294 g/mol. The van der Waals surface area contributed by atoms with E-state index in [4.69, 9.17) is 0 Å². The van der Waals surface area contributed by atoms with Crippen LogP contribution in [0.25, 0.3) is 10.8 Å². The molecule has 1 aromatic heterocycles. The van der Waals surface area contributed by atoms with E-state index in [0.717, 1.165) is 16.3 Å². The molecule has 0 aliphatic carbocycles. The van der Waals surface area contributed by atoms with E-state index in [1.807, 2.05) is 24.3 Å². The molecule has 0 radical (unpaired) electrons. The van der Waals surface area contributed by atoms with Crippen molar-refractivity contribution in [3.63, 3.8) is 0 Å². The van der Waals surface area contributed by atoms with Gasteiger partial charge in [-0.3, -0.25) is 10.1 Å². The largest absolute Gasteiger partial charge is 0.269 e. The van der Waals surface area contributed by atoms with Crippen LogP contribution in [0.5, 0.6) is 0 Å². The van der Waals surface area contributed by atoms with Gasteiger partial charge in [0.2, 0.25) is 0 Å². The second-order valence-corrected chi connectivity index (χ2v) is 4.87. The van der Waals surface area contributed by atoms with Crippen LogP contribution in [-0.2, 0) is 7.05 Å². The van der Waals surface area contributed by atoms with Gasteiger partial charge in [0.05, 0.1) is 17.3 Å². The molecule has 0 aliphatic heterocycles. The Bertz CT molecular complexity index is 958. The average Bonchev–Trinajstić information content (AvgIpc) is 2.57. The number of rotatable bonds is 3. The van der Waals surface area contributed by atoms with Gasteiger partial charge in [0, 0.05) is 30.0 Å². The summed E-state index contributed by atoms with van der Waals surface area (Å²) in [7, 11) is 1.80. The smallest absolute Gasteiger partial charge is 0.258 e. The van der Waals surface area contributed by atoms with Crippen LogP contribution in [0.2, 0.25) is 0 Å². The lowest BCUT2D eigenvalue weighted by Gasteiger charge is -2.01. The van der Waals surface area contributed by atoms with Gasteiger partial charge < -0.3 is 0 Å². The second-order valence-electron chi connectivity index (χ2n) is 4.87. The molecular formula is C16H13N5O2. The number of nitro groups is 1. The number of hydrogen-bond donors (Lipinski definition) is 0. The third kappa shape index (κ3) is 3.13. The third-order valence-electron chi connectivity index (χ3n) is 3.34. The quantitative estimate of drug-likeness (QED) is 0.423. The van der Waals surface area contributed by atoms with Gasteiger partial charge >= 0.3 is 0 Å². The van der Waals surface area contributed by atoms with Gasteiger partial charge in [-0.15, -0.1) is 5.10 Å². The maximum absolute atomic E-state index is 10.6. The number of non-ortho nitro benzene ring substituents is 1. The lowest BCUT2D eigenvalue weighted by molar-refractivity contribution is -0.384. The summed E-state index contributed by atoms with van der Waals surface area (Å²) in [6.07, 6.45) is 3.32. The van der Waals surface area contributed by atoms with Crippen LogP contribution in [0.15, 0.2) is 64.9 Å². The monoisotopic (exact) mass is 307 g/mol. The topological polar surface area (TPSA) is 85.7 Å². The third-order valence-corrected chi connectivity index (χ3v) is 3.34. The number of fused-ring (bicyclic) bond motifs is 1. The van der Waals surface area contributed by atoms with E-state index in [1.165, 1.54) is 12.1 Å². The summed E-state index contributed by atoms with van der Waals surface area (Å²) in [5.41, 5.74) is 1.42. The molecule has 0 aliphatic rings. The van der Waals surface area contributed by atoms with Gasteiger partial charge in [0.1, 0.15) is 0 Å². The Labute approximate surface area is 131 Å². The summed E-state index contributed by atoms with van der Waals surface area (Å²) in [6.45, 7) is 0. The van der Waals surface area contributed by atoms with Gasteiger partial charge in [-0.2, -0.15) is 10.2 Å². The van der Waals surface area contributed by atoms with Crippen molar-refractivity contribution in [2.75, 3.05) is 0 Å². The fourth-order valence-corrected chi connectivity index (χ4v) is 2.14. The zero-order valence-electron chi connectivity index (χ0n) is 12.3. The minimum absolute atomic E-state index is 0.0451. The number of hydrogen-bond acceptors (Lipinski definition) is 5. The fraction of sp³-hybridized carbons (Fsp3) is 0.0625. The highest BCUT2D eigenvalue weighted by molar-refractivity contribution is 5.81. The van der Waals surface area contributed by atoms with Crippen molar-refractivity contribution in [3.8, 4) is 0 Å². The SMILES string of the molecule is Cn1ncc2ccccc2/c1=N/N=C/c1ccc([N+](=O)[O-])cc1. The van der Waals surface area contributed by atoms with Crippen LogP contribution in [0.4, 0.5) is 5.69 Å². The average molecular weight is 307 g/mol. The van der Waals surface area contributed by atoms with Crippen molar-refractivity contribution in [2.24, 2.45) is 17.3 Å². The molecule has 0 saturated carbocycles. The Morgan fingerprint density at radius 2 is 1.91 bits per heavy atom. The standard InChI is InChI=1S/C16H13N5O2/c1-20-16(15-5-3-2-4-13(15)11-18-20)19-17-10-12-6-8-14(9-7-12)21(22)23/h2-11H,1H3/b17-10+,19-16-. The van der Waals surface area contributed by atoms with Gasteiger partial charge in [-0.05, 0) is 17.7 Å². The van der Waals surface area contributed by atoms with Crippen molar-refractivity contribution in [1.82, 2.24) is 9.78 Å². The first-order valence-corrected chi connectivity index (χ1v) is 6.88. The number of nitro benzene ring substituents is 1. The summed E-state index contributed by atoms with van der Waals surface area (Å²) in [5, 5.41) is 25.1. The summed E-state index contributed by atoms with van der Waals surface area (Å²) in [5.74, 6) is 0. The maximum atomic E-state index is 10.6. The van der Waals surface area contributed by atoms with Crippen LogP contribution >= 0.6 is 0 Å². The Morgan fingerprint density at radius 1 is 1.17 bits per heavy atom. The molecule has 3 aromatic rings. The molecule has 114 valence electrons. The molecule has 7 nitrogen and oxygen atoms in total. The van der Waals surface area contributed by atoms with Crippen molar-refractivity contribution in [1.29, 1.82) is 0 Å². The van der Waals surface area contributed by atoms with E-state index in [1.54, 1.807) is 36.3 Å². The Kier molecular flexibility index (Phi) is 3.92. The molecule has 23 heavy (non-hydrogen) atoms. The van der Waals surface area contributed by atoms with E-state index in [0.29, 0.717) is 5.49 Å². The number of benzene rings is 2. The highest BCUT2D eigenvalue weighted by Gasteiger charge is 2.02. The fourth-order valence-electron chi connectivity index (χ4n) is 2.14. The van der Waals surface area contributed by atoms with Gasteiger partial charge in [0.25, 0.3) is 5.69 Å². The Hall–Kier alpha value is -3.35. The molecule has 3 rings (SSSR count). The molecule has 1 heterocycles. The van der Waals surface area contributed by atoms with Crippen LogP contribution in [-0.4, -0.2) is 20.9 Å². The molecule has 0 amide bonds. The molecule has 0 spiro atoms. The Morgan fingerprint density at radius 3 is 2.65 bits per heavy atom. The predicted octanol–water partition coefficient (Wildman–Crippen LogP) is 2.42. The molecule has 0 N–H and O–H groups in total. The second kappa shape index (κ2) is 6.18. The zero-order chi connectivity index (χ0) is 16.2. The van der Waals surface area contributed by atoms with Crippen LogP contribution in [0.1, 0.15) is 5.56 Å². The molecule has 7 heteroatoms. The molecule has 2 aromatic carbocycles. The number of nitrogens with zero attached hydrogens (tertiary/aromatic N) is 5. The summed E-state index contributed by atoms with van der Waals surface area (Å²) < 4.78 is 1.65. The van der Waals surface area contributed by atoms with Gasteiger partial charge in [0.15, 0.2) is 5.49 Å². The predicted molar refractivity (Wildman–Crippen MR) is 87.0 cm³/mol. The highest BCUT2D eigenvalue weighted by atomic mass is 16.6. The normalized spacial score (nSPS) is 12.1. The summed E-state index contributed by atoms with van der Waals surface area (Å²) in [4.78, 5) is 10.2. The van der Waals surface area contributed by atoms with E-state index in [9.17, 15) is 10.1 Å². The lowest BCUT2D eigenvalue weighted by Crippen LogP contribution is -2.20. The molecule has 0 saturated heterocycles. The molecule has 0 unspecified atom stereocenters. The lowest BCUT2D eigenvalue weighted by atomic mass is 10.2. The van der Waals surface area contributed by atoms with Crippen LogP contribution < -0.4 is 5.49 Å². The van der Waals surface area contributed by atoms with Crippen molar-refractivity contribution >= 4 is 22.7 Å². The van der Waals surface area contributed by atoms with E-state index < -0.39 is 4.92 Å². The Balaban J connectivity index is 1.96. The minimum atomic E-state index is -0.437. The highest BCUT2D eigenvalue weighted by Crippen LogP contribution is 2.10. The van der Waals surface area contributed by atoms with Gasteiger partial charge in [-0.1, -0.05) is 24.3 Å². The van der Waals surface area contributed by atoms with Crippen LogP contribution in [0.3, 0.4) is 0 Å². The molecule has 0 bridgehead atoms. The zero-order valence-corrected chi connectivity index (χ0v) is 12.3. The molecule has 0 atom stereocenters. The summed E-state index contributed by atoms with van der Waals surface area (Å²) >= 11 is 0. The van der Waals surface area contributed by atoms with Crippen molar-refractivity contribution in [3.05, 3.63) is 75.9 Å². The first-order chi connectivity index (χ1) is 11.1. The van der Waals surface area contributed by atoms with E-state index in [-0.39, 0.29) is 5.69 Å². The minimum Gasteiger partial charge on any atom is -0.258 e. The number of aryl methyl sites for hydroxylation is 1. The molecule has 0 fully saturated rings. The van der Waals surface area contributed by atoms with E-state index >= 15 is 0 Å². The summed E-state index contributed by atoms with van der Waals surface area (Å²) in [6, 6.07) is 13.9. The first-order valence-electron chi connectivity index (χ1n) is 6.88. The number of aromatic nitrogens is 2. The van der Waals surface area contributed by atoms with Crippen LogP contribution in [0, 0.1) is 10.1 Å². The first kappa shape index (κ1) is 14.6. The maximum Gasteiger partial charge on any atom is 0.269 e. The van der Waals surface area contributed by atoms with Gasteiger partial charge in [-0.25, -0.2) is 4.68 Å². The van der Waals surface area contributed by atoms with Crippen molar-refractivity contribution < 1.29 is 4.92 Å². The van der Waals surface area contributed by atoms with E-state index in [2.05, 4.69) is 15.3 Å².